The van der Waals surface area contributed by atoms with E-state index in [-0.39, 0.29) is 5.63 Å². The molecule has 0 bridgehead atoms. The summed E-state index contributed by atoms with van der Waals surface area (Å²) in [5.74, 6) is 0.656. The van der Waals surface area contributed by atoms with Crippen LogP contribution in [0.2, 0.25) is 0 Å². The highest BCUT2D eigenvalue weighted by Gasteiger charge is 2.01. The predicted molar refractivity (Wildman–Crippen MR) is 55.1 cm³/mol. The molecule has 1 aromatic heterocycles. The number of fused-ring (bicyclic) bond motifs is 1. The van der Waals surface area contributed by atoms with Gasteiger partial charge in [-0.3, -0.25) is 0 Å². The third kappa shape index (κ3) is 1.52. The van der Waals surface area contributed by atoms with Gasteiger partial charge in [0, 0.05) is 0 Å². The lowest BCUT2D eigenvalue weighted by Crippen LogP contribution is -2.00. The van der Waals surface area contributed by atoms with Crippen LogP contribution in [-0.2, 0) is 5.33 Å². The molecule has 0 saturated heterocycles. The first-order valence-corrected chi connectivity index (χ1v) is 5.01. The van der Waals surface area contributed by atoms with E-state index >= 15 is 0 Å². The molecule has 3 heteroatoms. The monoisotopic (exact) mass is 238 g/mol. The van der Waals surface area contributed by atoms with Crippen molar-refractivity contribution >= 4 is 26.7 Å². The molecule has 0 aliphatic heterocycles. The van der Waals surface area contributed by atoms with Crippen molar-refractivity contribution in [3.05, 3.63) is 46.5 Å². The Balaban J connectivity index is 2.85. The summed E-state index contributed by atoms with van der Waals surface area (Å²) in [5, 5.41) is 2.12. The Labute approximate surface area is 83.3 Å². The largest absolute Gasteiger partial charge is 0.427 e. The van der Waals surface area contributed by atoms with Gasteiger partial charge in [-0.25, -0.2) is 4.79 Å². The first-order chi connectivity index (χ1) is 6.31. The van der Waals surface area contributed by atoms with Crippen molar-refractivity contribution in [2.24, 2.45) is 0 Å². The van der Waals surface area contributed by atoms with E-state index in [1.807, 2.05) is 24.3 Å². The molecule has 2 nitrogen and oxygen atoms in total. The van der Waals surface area contributed by atoms with Crippen molar-refractivity contribution in [3.8, 4) is 0 Å². The number of halogens is 1. The van der Waals surface area contributed by atoms with Gasteiger partial charge in [0.15, 0.2) is 0 Å². The smallest absolute Gasteiger partial charge is 0.343 e. The number of benzene rings is 1. The fourth-order valence-electron chi connectivity index (χ4n) is 1.25. The molecule has 0 radical (unpaired) electrons. The highest BCUT2D eigenvalue weighted by atomic mass is 79.9. The van der Waals surface area contributed by atoms with E-state index in [0.717, 1.165) is 5.39 Å². The Morgan fingerprint density at radius 1 is 1.31 bits per heavy atom. The van der Waals surface area contributed by atoms with Crippen molar-refractivity contribution in [3.63, 3.8) is 0 Å². The Hall–Kier alpha value is -1.09. The molecule has 0 fully saturated rings. The van der Waals surface area contributed by atoms with Crippen LogP contribution < -0.4 is 5.63 Å². The molecule has 0 unspecified atom stereocenters. The third-order valence-corrected chi connectivity index (χ3v) is 2.41. The quantitative estimate of drug-likeness (QED) is 0.716. The zero-order valence-electron chi connectivity index (χ0n) is 6.79. The summed E-state index contributed by atoms with van der Waals surface area (Å²) in [7, 11) is 0. The summed E-state index contributed by atoms with van der Waals surface area (Å²) in [6, 6.07) is 9.26. The molecule has 66 valence electrons. The minimum atomic E-state index is -0.271. The van der Waals surface area contributed by atoms with Crippen LogP contribution in [0.3, 0.4) is 0 Å². The molecule has 0 atom stereocenters. The molecule has 2 rings (SSSR count). The summed E-state index contributed by atoms with van der Waals surface area (Å²) in [6.07, 6.45) is 0. The van der Waals surface area contributed by atoms with Crippen molar-refractivity contribution in [1.82, 2.24) is 0 Å². The first-order valence-electron chi connectivity index (χ1n) is 3.89. The Bertz CT molecular complexity index is 487. The lowest BCUT2D eigenvalue weighted by atomic mass is 10.2. The molecule has 0 spiro atoms. The zero-order chi connectivity index (χ0) is 9.26. The van der Waals surface area contributed by atoms with Crippen molar-refractivity contribution in [1.29, 1.82) is 0 Å². The molecule has 0 amide bonds. The lowest BCUT2D eigenvalue weighted by Gasteiger charge is -1.97. The maximum Gasteiger partial charge on any atom is 0.343 e. The van der Waals surface area contributed by atoms with Gasteiger partial charge in [-0.1, -0.05) is 34.1 Å². The van der Waals surface area contributed by atoms with E-state index < -0.39 is 0 Å². The second-order valence-corrected chi connectivity index (χ2v) is 3.28. The number of alkyl halides is 1. The van der Waals surface area contributed by atoms with Gasteiger partial charge in [-0.05, 0) is 17.5 Å². The van der Waals surface area contributed by atoms with Crippen LogP contribution in [-0.4, -0.2) is 0 Å². The van der Waals surface area contributed by atoms with Crippen LogP contribution >= 0.6 is 15.9 Å². The average molecular weight is 239 g/mol. The summed E-state index contributed by atoms with van der Waals surface area (Å²) < 4.78 is 5.04. The number of rotatable bonds is 1. The standard InChI is InChI=1S/C10H7BrO2/c11-6-8-5-7-3-1-2-4-9(7)10(12)13-8/h1-5H,6H2. The first kappa shape index (κ1) is 8.51. The summed E-state index contributed by atoms with van der Waals surface area (Å²) in [6.45, 7) is 0. The molecule has 0 N–H and O–H groups in total. The summed E-state index contributed by atoms with van der Waals surface area (Å²) in [4.78, 5) is 11.4. The van der Waals surface area contributed by atoms with Crippen LogP contribution in [0.5, 0.6) is 0 Å². The van der Waals surface area contributed by atoms with Crippen LogP contribution in [0.25, 0.3) is 10.8 Å². The highest BCUT2D eigenvalue weighted by Crippen LogP contribution is 2.13. The van der Waals surface area contributed by atoms with Crippen LogP contribution in [0.4, 0.5) is 0 Å². The van der Waals surface area contributed by atoms with E-state index in [1.54, 1.807) is 6.07 Å². The molecule has 1 aromatic carbocycles. The van der Waals surface area contributed by atoms with E-state index in [2.05, 4.69) is 15.9 Å². The van der Waals surface area contributed by atoms with Gasteiger partial charge < -0.3 is 4.42 Å². The fourth-order valence-corrected chi connectivity index (χ4v) is 1.53. The number of hydrogen-bond donors (Lipinski definition) is 0. The molecule has 1 heterocycles. The van der Waals surface area contributed by atoms with Gasteiger partial charge in [0.2, 0.25) is 0 Å². The minimum Gasteiger partial charge on any atom is -0.427 e. The third-order valence-electron chi connectivity index (χ3n) is 1.85. The van der Waals surface area contributed by atoms with Crippen molar-refractivity contribution in [2.75, 3.05) is 0 Å². The highest BCUT2D eigenvalue weighted by molar-refractivity contribution is 9.08. The number of hydrogen-bond acceptors (Lipinski definition) is 2. The fraction of sp³-hybridized carbons (Fsp3) is 0.100. The van der Waals surface area contributed by atoms with Crippen molar-refractivity contribution < 1.29 is 4.42 Å². The van der Waals surface area contributed by atoms with E-state index in [0.29, 0.717) is 16.5 Å². The van der Waals surface area contributed by atoms with Gasteiger partial charge >= 0.3 is 5.63 Å². The van der Waals surface area contributed by atoms with Gasteiger partial charge in [0.05, 0.1) is 10.7 Å². The van der Waals surface area contributed by atoms with E-state index in [4.69, 9.17) is 4.42 Å². The zero-order valence-corrected chi connectivity index (χ0v) is 8.37. The molecule has 0 aliphatic rings. The van der Waals surface area contributed by atoms with Gasteiger partial charge in [-0.15, -0.1) is 0 Å². The van der Waals surface area contributed by atoms with E-state index in [9.17, 15) is 4.79 Å². The molecule has 0 aliphatic carbocycles. The van der Waals surface area contributed by atoms with Crippen molar-refractivity contribution in [2.45, 2.75) is 5.33 Å². The molecular formula is C10H7BrO2. The SMILES string of the molecule is O=c1oc(CBr)cc2ccccc12. The predicted octanol–water partition coefficient (Wildman–Crippen LogP) is 2.69. The average Bonchev–Trinajstić information content (AvgIpc) is 2.18. The Morgan fingerprint density at radius 2 is 2.08 bits per heavy atom. The normalized spacial score (nSPS) is 10.5. The topological polar surface area (TPSA) is 30.2 Å². The van der Waals surface area contributed by atoms with Gasteiger partial charge in [0.25, 0.3) is 0 Å². The molecular weight excluding hydrogens is 232 g/mol. The second-order valence-electron chi connectivity index (χ2n) is 2.72. The van der Waals surface area contributed by atoms with Crippen LogP contribution in [0.15, 0.2) is 39.5 Å². The Kier molecular flexibility index (Phi) is 2.19. The van der Waals surface area contributed by atoms with Crippen LogP contribution in [0, 0.1) is 0 Å². The maximum absolute atomic E-state index is 11.4. The van der Waals surface area contributed by atoms with E-state index in [1.165, 1.54) is 0 Å². The second kappa shape index (κ2) is 3.34. The maximum atomic E-state index is 11.4. The lowest BCUT2D eigenvalue weighted by molar-refractivity contribution is 0.486. The summed E-state index contributed by atoms with van der Waals surface area (Å²) >= 11 is 3.24. The molecule has 2 aromatic rings. The molecule has 13 heavy (non-hydrogen) atoms. The Morgan fingerprint density at radius 3 is 2.85 bits per heavy atom. The van der Waals surface area contributed by atoms with Gasteiger partial charge in [0.1, 0.15) is 5.76 Å². The minimum absolute atomic E-state index is 0.271. The van der Waals surface area contributed by atoms with Crippen LogP contribution in [0.1, 0.15) is 5.76 Å². The molecule has 0 saturated carbocycles. The van der Waals surface area contributed by atoms with Gasteiger partial charge in [-0.2, -0.15) is 0 Å². The summed E-state index contributed by atoms with van der Waals surface area (Å²) in [5.41, 5.74) is -0.271.